The zero-order valence-corrected chi connectivity index (χ0v) is 17.1. The number of hydrogen-bond acceptors (Lipinski definition) is 4. The number of benzene rings is 2. The van der Waals surface area contributed by atoms with E-state index in [1.807, 2.05) is 48.9 Å². The Morgan fingerprint density at radius 2 is 2.00 bits per heavy atom. The van der Waals surface area contributed by atoms with Crippen LogP contribution in [0.4, 0.5) is 4.39 Å². The Labute approximate surface area is 175 Å². The lowest BCUT2D eigenvalue weighted by Crippen LogP contribution is -2.41. The van der Waals surface area contributed by atoms with Gasteiger partial charge in [-0.15, -0.1) is 10.2 Å². The van der Waals surface area contributed by atoms with Crippen molar-refractivity contribution in [2.45, 2.75) is 32.5 Å². The van der Waals surface area contributed by atoms with E-state index in [-0.39, 0.29) is 18.4 Å². The zero-order chi connectivity index (χ0) is 20.9. The monoisotopic (exact) mass is 408 g/mol. The maximum absolute atomic E-state index is 14.1. The molecule has 2 aromatic carbocycles. The van der Waals surface area contributed by atoms with Crippen LogP contribution in [-0.4, -0.2) is 27.3 Å². The van der Waals surface area contributed by atoms with Crippen molar-refractivity contribution in [1.29, 1.82) is 0 Å². The van der Waals surface area contributed by atoms with Crippen LogP contribution >= 0.6 is 0 Å². The Kier molecular flexibility index (Phi) is 5.92. The van der Waals surface area contributed by atoms with Gasteiger partial charge >= 0.3 is 0 Å². The number of hydrogen-bond donors (Lipinski definition) is 2. The molecular formula is C22H25FN6O. The zero-order valence-electron chi connectivity index (χ0n) is 17.1. The van der Waals surface area contributed by atoms with Crippen molar-refractivity contribution in [3.05, 3.63) is 77.1 Å². The molecule has 0 saturated carbocycles. The van der Waals surface area contributed by atoms with E-state index in [1.54, 1.807) is 12.1 Å². The first-order chi connectivity index (χ1) is 14.6. The highest BCUT2D eigenvalue weighted by atomic mass is 19.1. The van der Waals surface area contributed by atoms with Gasteiger partial charge in [0.25, 0.3) is 0 Å². The molecule has 0 fully saturated rings. The minimum atomic E-state index is -0.263. The second-order valence-electron chi connectivity index (χ2n) is 7.20. The minimum absolute atomic E-state index is 0.0445. The summed E-state index contributed by atoms with van der Waals surface area (Å²) in [5.74, 6) is 2.82. The molecule has 1 aliphatic rings. The van der Waals surface area contributed by atoms with Crippen LogP contribution in [0.25, 0.3) is 0 Å². The van der Waals surface area contributed by atoms with E-state index in [0.29, 0.717) is 24.7 Å². The molecule has 0 radical (unpaired) electrons. The topological polar surface area (TPSA) is 76.4 Å². The highest BCUT2D eigenvalue weighted by molar-refractivity contribution is 5.80. The van der Waals surface area contributed by atoms with Crippen molar-refractivity contribution in [2.75, 3.05) is 6.61 Å². The minimum Gasteiger partial charge on any atom is -0.493 e. The summed E-state index contributed by atoms with van der Waals surface area (Å²) in [4.78, 5) is 4.63. The van der Waals surface area contributed by atoms with E-state index in [9.17, 15) is 4.39 Å². The van der Waals surface area contributed by atoms with Gasteiger partial charge in [-0.2, -0.15) is 0 Å². The molecule has 3 aromatic rings. The fourth-order valence-electron chi connectivity index (χ4n) is 3.37. The van der Waals surface area contributed by atoms with Gasteiger partial charge in [0.2, 0.25) is 0 Å². The molecule has 2 heterocycles. The van der Waals surface area contributed by atoms with E-state index in [2.05, 4.69) is 25.8 Å². The van der Waals surface area contributed by atoms with Gasteiger partial charge in [0.05, 0.1) is 25.7 Å². The molecule has 8 heteroatoms. The maximum Gasteiger partial charge on any atom is 0.192 e. The fraction of sp³-hybridized carbons (Fsp3) is 0.318. The largest absolute Gasteiger partial charge is 0.493 e. The van der Waals surface area contributed by atoms with E-state index in [1.165, 1.54) is 6.07 Å². The van der Waals surface area contributed by atoms with E-state index < -0.39 is 0 Å². The van der Waals surface area contributed by atoms with Gasteiger partial charge in [-0.3, -0.25) is 0 Å². The predicted molar refractivity (Wildman–Crippen MR) is 113 cm³/mol. The standard InChI is InChI=1S/C22H25FN6O/c1-15-27-28-21(29(15)2)14-25-22(24-13-16-7-3-5-9-18(16)23)26-19-11-12-30-20-10-6-4-8-17(19)20/h3-10,19H,11-14H2,1-2H3,(H2,24,25,26). The van der Waals surface area contributed by atoms with Crippen molar-refractivity contribution in [3.8, 4) is 5.75 Å². The van der Waals surface area contributed by atoms with E-state index in [0.717, 1.165) is 29.4 Å². The number of ether oxygens (including phenoxy) is 1. The van der Waals surface area contributed by atoms with Crippen LogP contribution in [0.1, 0.15) is 35.2 Å². The van der Waals surface area contributed by atoms with Crippen LogP contribution in [-0.2, 0) is 20.1 Å². The van der Waals surface area contributed by atoms with E-state index in [4.69, 9.17) is 4.74 Å². The Morgan fingerprint density at radius 1 is 1.20 bits per heavy atom. The van der Waals surface area contributed by atoms with Crippen molar-refractivity contribution >= 4 is 5.96 Å². The Hall–Kier alpha value is -3.42. The van der Waals surface area contributed by atoms with Gasteiger partial charge < -0.3 is 19.9 Å². The molecule has 4 rings (SSSR count). The lowest BCUT2D eigenvalue weighted by molar-refractivity contribution is 0.261. The number of guanidine groups is 1. The predicted octanol–water partition coefficient (Wildman–Crippen LogP) is 3.02. The third-order valence-corrected chi connectivity index (χ3v) is 5.23. The molecule has 0 bridgehead atoms. The van der Waals surface area contributed by atoms with Crippen LogP contribution < -0.4 is 15.4 Å². The fourth-order valence-corrected chi connectivity index (χ4v) is 3.37. The Morgan fingerprint density at radius 3 is 2.80 bits per heavy atom. The normalized spacial score (nSPS) is 16.0. The van der Waals surface area contributed by atoms with Crippen molar-refractivity contribution < 1.29 is 9.13 Å². The number of para-hydroxylation sites is 1. The maximum atomic E-state index is 14.1. The van der Waals surface area contributed by atoms with Crippen molar-refractivity contribution in [3.63, 3.8) is 0 Å². The number of fused-ring (bicyclic) bond motifs is 1. The van der Waals surface area contributed by atoms with Gasteiger partial charge in [-0.05, 0) is 19.1 Å². The summed E-state index contributed by atoms with van der Waals surface area (Å²) < 4.78 is 21.7. The van der Waals surface area contributed by atoms with Crippen molar-refractivity contribution in [1.82, 2.24) is 25.4 Å². The molecule has 0 saturated heterocycles. The molecule has 30 heavy (non-hydrogen) atoms. The number of aryl methyl sites for hydroxylation is 1. The second kappa shape index (κ2) is 8.94. The SMILES string of the molecule is Cc1nnc(CNC(=NCc2ccccc2F)NC2CCOc3ccccc32)n1C. The summed E-state index contributed by atoms with van der Waals surface area (Å²) in [5.41, 5.74) is 1.62. The second-order valence-corrected chi connectivity index (χ2v) is 7.20. The highest BCUT2D eigenvalue weighted by Crippen LogP contribution is 2.31. The molecule has 1 aliphatic heterocycles. The smallest absolute Gasteiger partial charge is 0.192 e. The molecule has 7 nitrogen and oxygen atoms in total. The average molecular weight is 408 g/mol. The van der Waals surface area contributed by atoms with Gasteiger partial charge in [0, 0.05) is 24.6 Å². The number of rotatable bonds is 5. The van der Waals surface area contributed by atoms with E-state index >= 15 is 0 Å². The van der Waals surface area contributed by atoms with Crippen LogP contribution in [0.15, 0.2) is 53.5 Å². The Balaban J connectivity index is 1.54. The lowest BCUT2D eigenvalue weighted by atomic mass is 10.0. The molecule has 1 unspecified atom stereocenters. The van der Waals surface area contributed by atoms with Gasteiger partial charge in [0.15, 0.2) is 11.8 Å². The van der Waals surface area contributed by atoms with Crippen molar-refractivity contribution in [2.24, 2.45) is 12.0 Å². The summed E-state index contributed by atoms with van der Waals surface area (Å²) in [5, 5.41) is 15.1. The number of aliphatic imine (C=N–C) groups is 1. The van der Waals surface area contributed by atoms with Crippen LogP contribution in [0.5, 0.6) is 5.75 Å². The molecule has 156 valence electrons. The summed E-state index contributed by atoms with van der Waals surface area (Å²) in [6.45, 7) is 3.20. The highest BCUT2D eigenvalue weighted by Gasteiger charge is 2.22. The summed E-state index contributed by atoms with van der Waals surface area (Å²) in [6, 6.07) is 14.7. The van der Waals surface area contributed by atoms with Gasteiger partial charge in [-0.25, -0.2) is 9.38 Å². The molecule has 0 spiro atoms. The molecule has 0 aliphatic carbocycles. The molecular weight excluding hydrogens is 383 g/mol. The van der Waals surface area contributed by atoms with Crippen LogP contribution in [0.3, 0.4) is 0 Å². The third kappa shape index (κ3) is 4.42. The first-order valence-electron chi connectivity index (χ1n) is 9.96. The quantitative estimate of drug-likeness (QED) is 0.501. The first-order valence-corrected chi connectivity index (χ1v) is 9.96. The summed E-state index contributed by atoms with van der Waals surface area (Å²) in [6.07, 6.45) is 0.806. The molecule has 0 amide bonds. The molecule has 1 aromatic heterocycles. The van der Waals surface area contributed by atoms with Crippen LogP contribution in [0, 0.1) is 12.7 Å². The van der Waals surface area contributed by atoms with Gasteiger partial charge in [0.1, 0.15) is 17.4 Å². The number of aromatic nitrogens is 3. The van der Waals surface area contributed by atoms with Gasteiger partial charge in [-0.1, -0.05) is 36.4 Å². The first kappa shape index (κ1) is 19.9. The summed E-state index contributed by atoms with van der Waals surface area (Å²) >= 11 is 0. The number of nitrogens with one attached hydrogen (secondary N) is 2. The number of nitrogens with zero attached hydrogens (tertiary/aromatic N) is 4. The van der Waals surface area contributed by atoms with Crippen LogP contribution in [0.2, 0.25) is 0 Å². The molecule has 1 atom stereocenters. The summed E-state index contributed by atoms with van der Waals surface area (Å²) in [7, 11) is 1.92. The molecule has 2 N–H and O–H groups in total. The number of halogens is 1. The average Bonchev–Trinajstić information content (AvgIpc) is 3.09. The lowest BCUT2D eigenvalue weighted by Gasteiger charge is -2.28. The third-order valence-electron chi connectivity index (χ3n) is 5.23. The Bertz CT molecular complexity index is 1050.